The summed E-state index contributed by atoms with van der Waals surface area (Å²) in [5.74, 6) is 1.91. The summed E-state index contributed by atoms with van der Waals surface area (Å²) in [5.41, 5.74) is 8.90. The zero-order valence-corrected chi connectivity index (χ0v) is 12.2. The predicted molar refractivity (Wildman–Crippen MR) is 86.8 cm³/mol. The number of nitrogen functional groups attached to an aromatic ring is 1. The Labute approximate surface area is 124 Å². The van der Waals surface area contributed by atoms with Gasteiger partial charge in [-0.15, -0.1) is 0 Å². The third kappa shape index (κ3) is 2.55. The molecule has 3 rings (SSSR count). The van der Waals surface area contributed by atoms with Crippen molar-refractivity contribution in [2.45, 2.75) is 19.8 Å². The first-order valence-electron chi connectivity index (χ1n) is 7.07. The van der Waals surface area contributed by atoms with Gasteiger partial charge in [0.1, 0.15) is 5.75 Å². The van der Waals surface area contributed by atoms with Crippen molar-refractivity contribution in [1.29, 1.82) is 0 Å². The van der Waals surface area contributed by atoms with Gasteiger partial charge in [0.25, 0.3) is 0 Å². The molecule has 0 radical (unpaired) electrons. The Morgan fingerprint density at radius 2 is 1.76 bits per heavy atom. The lowest BCUT2D eigenvalue weighted by Crippen LogP contribution is -1.97. The lowest BCUT2D eigenvalue weighted by atomic mass is 10.0. The van der Waals surface area contributed by atoms with Crippen molar-refractivity contribution in [1.82, 2.24) is 4.98 Å². The molecule has 106 valence electrons. The molecule has 0 aliphatic heterocycles. The van der Waals surface area contributed by atoms with Crippen molar-refractivity contribution >= 4 is 16.6 Å². The zero-order valence-electron chi connectivity index (χ0n) is 12.2. The molecule has 3 aromatic rings. The number of aromatic nitrogens is 1. The summed E-state index contributed by atoms with van der Waals surface area (Å²) in [4.78, 5) is 4.30. The SMILES string of the molecule is CC(C)c1ccccc1Oc1ccc2ncccc2c1N. The van der Waals surface area contributed by atoms with Crippen LogP contribution >= 0.6 is 0 Å². The van der Waals surface area contributed by atoms with Gasteiger partial charge in [0, 0.05) is 11.6 Å². The van der Waals surface area contributed by atoms with E-state index in [1.165, 1.54) is 5.56 Å². The molecule has 0 bridgehead atoms. The molecule has 2 aromatic carbocycles. The Morgan fingerprint density at radius 3 is 2.57 bits per heavy atom. The first-order valence-corrected chi connectivity index (χ1v) is 7.07. The van der Waals surface area contributed by atoms with Gasteiger partial charge in [0.2, 0.25) is 0 Å². The van der Waals surface area contributed by atoms with Crippen LogP contribution in [0.1, 0.15) is 25.3 Å². The molecule has 1 heterocycles. The van der Waals surface area contributed by atoms with Crippen molar-refractivity contribution in [2.75, 3.05) is 5.73 Å². The lowest BCUT2D eigenvalue weighted by molar-refractivity contribution is 0.476. The van der Waals surface area contributed by atoms with Gasteiger partial charge in [-0.05, 0) is 41.8 Å². The normalized spacial score (nSPS) is 11.0. The highest BCUT2D eigenvalue weighted by molar-refractivity contribution is 5.93. The summed E-state index contributed by atoms with van der Waals surface area (Å²) in [7, 11) is 0. The van der Waals surface area contributed by atoms with Gasteiger partial charge in [0.15, 0.2) is 5.75 Å². The van der Waals surface area contributed by atoms with E-state index in [2.05, 4.69) is 24.9 Å². The minimum absolute atomic E-state index is 0.393. The van der Waals surface area contributed by atoms with Crippen molar-refractivity contribution < 1.29 is 4.74 Å². The minimum atomic E-state index is 0.393. The maximum Gasteiger partial charge on any atom is 0.151 e. The third-order valence-electron chi connectivity index (χ3n) is 3.55. The maximum absolute atomic E-state index is 6.23. The van der Waals surface area contributed by atoms with Crippen LogP contribution in [0.25, 0.3) is 10.9 Å². The second-order valence-electron chi connectivity index (χ2n) is 5.34. The predicted octanol–water partition coefficient (Wildman–Crippen LogP) is 4.73. The van der Waals surface area contributed by atoms with Crippen molar-refractivity contribution in [3.05, 3.63) is 60.3 Å². The highest BCUT2D eigenvalue weighted by Gasteiger charge is 2.11. The first-order chi connectivity index (χ1) is 10.2. The molecule has 0 amide bonds. The number of pyridine rings is 1. The van der Waals surface area contributed by atoms with Crippen LogP contribution in [0.4, 0.5) is 5.69 Å². The summed E-state index contributed by atoms with van der Waals surface area (Å²) in [6, 6.07) is 15.7. The Hall–Kier alpha value is -2.55. The zero-order chi connectivity index (χ0) is 14.8. The van der Waals surface area contributed by atoms with Crippen LogP contribution in [0.15, 0.2) is 54.7 Å². The lowest BCUT2D eigenvalue weighted by Gasteiger charge is -2.15. The van der Waals surface area contributed by atoms with E-state index in [0.29, 0.717) is 17.4 Å². The number of anilines is 1. The average Bonchev–Trinajstić information content (AvgIpc) is 2.51. The number of nitrogens with two attached hydrogens (primary N) is 1. The summed E-state index contributed by atoms with van der Waals surface area (Å²) in [6.45, 7) is 4.30. The molecule has 3 nitrogen and oxygen atoms in total. The van der Waals surface area contributed by atoms with Crippen LogP contribution in [-0.4, -0.2) is 4.98 Å². The molecule has 0 saturated carbocycles. The largest absolute Gasteiger partial charge is 0.455 e. The van der Waals surface area contributed by atoms with Crippen LogP contribution in [0.3, 0.4) is 0 Å². The molecule has 0 aliphatic carbocycles. The Kier molecular flexibility index (Phi) is 3.48. The average molecular weight is 278 g/mol. The maximum atomic E-state index is 6.23. The van der Waals surface area contributed by atoms with E-state index < -0.39 is 0 Å². The Balaban J connectivity index is 2.05. The van der Waals surface area contributed by atoms with Gasteiger partial charge in [0.05, 0.1) is 11.2 Å². The molecule has 0 atom stereocenters. The highest BCUT2D eigenvalue weighted by Crippen LogP contribution is 2.35. The number of para-hydroxylation sites is 1. The van der Waals surface area contributed by atoms with Crippen molar-refractivity contribution in [3.8, 4) is 11.5 Å². The molecule has 0 aliphatic rings. The van der Waals surface area contributed by atoms with Crippen molar-refractivity contribution in [2.24, 2.45) is 0 Å². The summed E-state index contributed by atoms with van der Waals surface area (Å²) >= 11 is 0. The van der Waals surface area contributed by atoms with E-state index in [9.17, 15) is 0 Å². The van der Waals surface area contributed by atoms with E-state index in [1.807, 2.05) is 42.5 Å². The molecule has 2 N–H and O–H groups in total. The number of nitrogens with zero attached hydrogens (tertiary/aromatic N) is 1. The van der Waals surface area contributed by atoms with E-state index >= 15 is 0 Å². The van der Waals surface area contributed by atoms with Gasteiger partial charge >= 0.3 is 0 Å². The Bertz CT molecular complexity index is 781. The topological polar surface area (TPSA) is 48.1 Å². The van der Waals surface area contributed by atoms with Gasteiger partial charge in [-0.3, -0.25) is 4.98 Å². The van der Waals surface area contributed by atoms with Crippen LogP contribution in [0.5, 0.6) is 11.5 Å². The monoisotopic (exact) mass is 278 g/mol. The molecule has 21 heavy (non-hydrogen) atoms. The van der Waals surface area contributed by atoms with E-state index in [0.717, 1.165) is 16.7 Å². The minimum Gasteiger partial charge on any atom is -0.455 e. The van der Waals surface area contributed by atoms with E-state index in [1.54, 1.807) is 6.20 Å². The number of ether oxygens (including phenoxy) is 1. The van der Waals surface area contributed by atoms with Crippen LogP contribution < -0.4 is 10.5 Å². The summed E-state index contributed by atoms with van der Waals surface area (Å²) in [6.07, 6.45) is 1.76. The second kappa shape index (κ2) is 5.44. The smallest absolute Gasteiger partial charge is 0.151 e. The molecule has 0 spiro atoms. The number of fused-ring (bicyclic) bond motifs is 1. The first kappa shape index (κ1) is 13.4. The molecule has 3 heteroatoms. The molecule has 0 saturated heterocycles. The van der Waals surface area contributed by atoms with Crippen LogP contribution in [-0.2, 0) is 0 Å². The van der Waals surface area contributed by atoms with Crippen LogP contribution in [0, 0.1) is 0 Å². The van der Waals surface area contributed by atoms with Crippen LogP contribution in [0.2, 0.25) is 0 Å². The third-order valence-corrected chi connectivity index (χ3v) is 3.55. The fraction of sp³-hybridized carbons (Fsp3) is 0.167. The van der Waals surface area contributed by atoms with Gasteiger partial charge < -0.3 is 10.5 Å². The quantitative estimate of drug-likeness (QED) is 0.704. The van der Waals surface area contributed by atoms with Gasteiger partial charge in [-0.2, -0.15) is 0 Å². The second-order valence-corrected chi connectivity index (χ2v) is 5.34. The number of rotatable bonds is 3. The Morgan fingerprint density at radius 1 is 0.952 bits per heavy atom. The van der Waals surface area contributed by atoms with E-state index in [-0.39, 0.29) is 0 Å². The molecular formula is C18H18N2O. The molecule has 0 unspecified atom stereocenters. The molecular weight excluding hydrogens is 260 g/mol. The fourth-order valence-electron chi connectivity index (χ4n) is 2.41. The number of benzene rings is 2. The summed E-state index contributed by atoms with van der Waals surface area (Å²) < 4.78 is 6.06. The number of hydrogen-bond acceptors (Lipinski definition) is 3. The van der Waals surface area contributed by atoms with Gasteiger partial charge in [-0.1, -0.05) is 32.0 Å². The standard InChI is InChI=1S/C18H18N2O/c1-12(2)13-6-3-4-8-16(13)21-17-10-9-15-14(18(17)19)7-5-11-20-15/h3-12H,19H2,1-2H3. The summed E-state index contributed by atoms with van der Waals surface area (Å²) in [5, 5.41) is 0.914. The van der Waals surface area contributed by atoms with E-state index in [4.69, 9.17) is 10.5 Å². The van der Waals surface area contributed by atoms with Crippen molar-refractivity contribution in [3.63, 3.8) is 0 Å². The van der Waals surface area contributed by atoms with Gasteiger partial charge in [-0.25, -0.2) is 0 Å². The fourth-order valence-corrected chi connectivity index (χ4v) is 2.41. The number of hydrogen-bond donors (Lipinski definition) is 1. The molecule has 1 aromatic heterocycles. The highest BCUT2D eigenvalue weighted by atomic mass is 16.5. The molecule has 0 fully saturated rings.